The van der Waals surface area contributed by atoms with E-state index in [9.17, 15) is 0 Å². The van der Waals surface area contributed by atoms with Crippen LogP contribution in [0.5, 0.6) is 11.9 Å². The zero-order chi connectivity index (χ0) is 18.1. The third kappa shape index (κ3) is 3.11. The maximum atomic E-state index is 6.34. The van der Waals surface area contributed by atoms with Gasteiger partial charge in [-0.2, -0.15) is 4.98 Å². The Morgan fingerprint density at radius 3 is 2.92 bits per heavy atom. The molecule has 1 aromatic heterocycles. The molecular formula is C20H24N4O2. The molecule has 2 aliphatic rings. The molecule has 136 valence electrons. The highest BCUT2D eigenvalue weighted by Gasteiger charge is 2.34. The number of benzene rings is 1. The minimum atomic E-state index is -0.178. The molecule has 1 aromatic carbocycles. The van der Waals surface area contributed by atoms with Crippen molar-refractivity contribution in [2.75, 3.05) is 11.9 Å². The molecule has 1 N–H and O–H groups in total. The van der Waals surface area contributed by atoms with Gasteiger partial charge in [-0.15, -0.1) is 5.10 Å². The van der Waals surface area contributed by atoms with Crippen LogP contribution in [0.3, 0.4) is 0 Å². The summed E-state index contributed by atoms with van der Waals surface area (Å²) in [6.45, 7) is 6.87. The first kappa shape index (κ1) is 16.8. The molecule has 6 nitrogen and oxygen atoms in total. The lowest BCUT2D eigenvalue weighted by atomic mass is 9.80. The summed E-state index contributed by atoms with van der Waals surface area (Å²) in [5.41, 5.74) is 4.04. The van der Waals surface area contributed by atoms with Crippen LogP contribution in [0, 0.1) is 11.8 Å². The summed E-state index contributed by atoms with van der Waals surface area (Å²) in [4.78, 5) is 4.47. The van der Waals surface area contributed by atoms with Crippen LogP contribution >= 0.6 is 0 Å². The van der Waals surface area contributed by atoms with Crippen molar-refractivity contribution in [3.05, 3.63) is 35.9 Å². The third-order valence-corrected chi connectivity index (χ3v) is 5.13. The van der Waals surface area contributed by atoms with Crippen LogP contribution in [0.1, 0.15) is 33.6 Å². The van der Waals surface area contributed by atoms with Gasteiger partial charge in [0, 0.05) is 17.2 Å². The molecule has 0 bridgehead atoms. The van der Waals surface area contributed by atoms with Gasteiger partial charge >= 0.3 is 6.01 Å². The number of allylic oxidation sites excluding steroid dienone is 2. The lowest BCUT2D eigenvalue weighted by molar-refractivity contribution is 0.114. The van der Waals surface area contributed by atoms with Crippen molar-refractivity contribution in [1.82, 2.24) is 15.2 Å². The highest BCUT2D eigenvalue weighted by atomic mass is 16.5. The second kappa shape index (κ2) is 6.94. The largest absolute Gasteiger partial charge is 0.463 e. The van der Waals surface area contributed by atoms with Crippen molar-refractivity contribution in [3.63, 3.8) is 0 Å². The Balaban J connectivity index is 1.75. The van der Waals surface area contributed by atoms with Gasteiger partial charge < -0.3 is 14.8 Å². The first-order valence-corrected chi connectivity index (χ1v) is 9.21. The van der Waals surface area contributed by atoms with Crippen LogP contribution in [0.2, 0.25) is 0 Å². The zero-order valence-corrected chi connectivity index (χ0v) is 15.4. The fourth-order valence-corrected chi connectivity index (χ4v) is 3.79. The second-order valence-electron chi connectivity index (χ2n) is 7.04. The van der Waals surface area contributed by atoms with Crippen molar-refractivity contribution < 1.29 is 9.47 Å². The van der Waals surface area contributed by atoms with E-state index in [0.717, 1.165) is 24.1 Å². The highest BCUT2D eigenvalue weighted by Crippen LogP contribution is 2.40. The molecule has 1 aliphatic heterocycles. The Labute approximate surface area is 153 Å². The van der Waals surface area contributed by atoms with E-state index in [4.69, 9.17) is 9.47 Å². The lowest BCUT2D eigenvalue weighted by Crippen LogP contribution is -2.39. The lowest BCUT2D eigenvalue weighted by Gasteiger charge is -2.34. The van der Waals surface area contributed by atoms with Gasteiger partial charge in [0.2, 0.25) is 5.88 Å². The van der Waals surface area contributed by atoms with Gasteiger partial charge in [-0.05, 0) is 38.7 Å². The number of rotatable bonds is 3. The van der Waals surface area contributed by atoms with Crippen molar-refractivity contribution in [2.24, 2.45) is 11.8 Å². The van der Waals surface area contributed by atoms with Crippen LogP contribution in [0.25, 0.3) is 11.3 Å². The monoisotopic (exact) mass is 352 g/mol. The van der Waals surface area contributed by atoms with Crippen LogP contribution in [0.15, 0.2) is 35.9 Å². The number of hydrogen-bond acceptors (Lipinski definition) is 6. The number of hydrogen-bond donors (Lipinski definition) is 1. The fourth-order valence-electron chi connectivity index (χ4n) is 3.79. The van der Waals surface area contributed by atoms with E-state index in [1.165, 1.54) is 5.57 Å². The minimum absolute atomic E-state index is 0.178. The summed E-state index contributed by atoms with van der Waals surface area (Å²) in [6.07, 6.45) is 4.21. The fraction of sp³-hybridized carbons (Fsp3) is 0.450. The van der Waals surface area contributed by atoms with Crippen LogP contribution in [-0.2, 0) is 0 Å². The molecule has 0 saturated heterocycles. The smallest absolute Gasteiger partial charge is 0.339 e. The first-order valence-electron chi connectivity index (χ1n) is 9.21. The van der Waals surface area contributed by atoms with Crippen molar-refractivity contribution in [2.45, 2.75) is 39.8 Å². The molecular weight excluding hydrogens is 328 g/mol. The van der Waals surface area contributed by atoms with Gasteiger partial charge in [-0.3, -0.25) is 0 Å². The molecule has 3 unspecified atom stereocenters. The average Bonchev–Trinajstić information content (AvgIpc) is 2.78. The van der Waals surface area contributed by atoms with Gasteiger partial charge in [0.1, 0.15) is 0 Å². The van der Waals surface area contributed by atoms with E-state index in [-0.39, 0.29) is 12.2 Å². The van der Waals surface area contributed by atoms with E-state index < -0.39 is 0 Å². The van der Waals surface area contributed by atoms with E-state index in [1.54, 1.807) is 0 Å². The molecule has 0 spiro atoms. The molecule has 2 heterocycles. The number of fused-ring (bicyclic) bond motifs is 3. The molecule has 0 saturated carbocycles. The Kier molecular flexibility index (Phi) is 4.49. The number of ether oxygens (including phenoxy) is 2. The van der Waals surface area contributed by atoms with Crippen molar-refractivity contribution in [1.29, 1.82) is 0 Å². The number of aromatic nitrogens is 3. The summed E-state index contributed by atoms with van der Waals surface area (Å²) >= 11 is 0. The zero-order valence-electron chi connectivity index (χ0n) is 15.4. The van der Waals surface area contributed by atoms with Crippen LogP contribution in [-0.4, -0.2) is 28.0 Å². The van der Waals surface area contributed by atoms with E-state index in [1.807, 2.05) is 31.2 Å². The summed E-state index contributed by atoms with van der Waals surface area (Å²) < 4.78 is 11.8. The Morgan fingerprint density at radius 2 is 2.12 bits per heavy atom. The molecule has 4 rings (SSSR count). The van der Waals surface area contributed by atoms with Crippen LogP contribution < -0.4 is 14.8 Å². The number of nitrogens with zero attached hydrogens (tertiary/aromatic N) is 3. The number of para-hydroxylation sites is 1. The van der Waals surface area contributed by atoms with E-state index >= 15 is 0 Å². The second-order valence-corrected chi connectivity index (χ2v) is 7.04. The molecule has 6 heteroatoms. The highest BCUT2D eigenvalue weighted by molar-refractivity contribution is 5.79. The van der Waals surface area contributed by atoms with Gasteiger partial charge in [0.25, 0.3) is 0 Å². The molecule has 3 atom stereocenters. The summed E-state index contributed by atoms with van der Waals surface area (Å²) in [5.74, 6) is 1.35. The Bertz CT molecular complexity index is 836. The Hall–Kier alpha value is -2.63. The van der Waals surface area contributed by atoms with E-state index in [0.29, 0.717) is 30.0 Å². The normalized spacial score (nSPS) is 24.3. The summed E-state index contributed by atoms with van der Waals surface area (Å²) in [5, 5.41) is 12.0. The summed E-state index contributed by atoms with van der Waals surface area (Å²) in [7, 11) is 0. The van der Waals surface area contributed by atoms with Gasteiger partial charge in [-0.25, -0.2) is 0 Å². The molecule has 2 aromatic rings. The molecule has 0 amide bonds. The SMILES string of the molecule is CCOc1nnc2c(n1)OC(C1CC=C(C)CC1C)Nc1ccccc1-2. The summed E-state index contributed by atoms with van der Waals surface area (Å²) in [6, 6.07) is 8.30. The molecule has 0 fully saturated rings. The van der Waals surface area contributed by atoms with Gasteiger partial charge in [0.15, 0.2) is 11.9 Å². The topological polar surface area (TPSA) is 69.2 Å². The van der Waals surface area contributed by atoms with Crippen molar-refractivity contribution >= 4 is 5.69 Å². The quantitative estimate of drug-likeness (QED) is 0.840. The molecule has 1 aliphatic carbocycles. The first-order chi connectivity index (χ1) is 12.7. The molecule has 26 heavy (non-hydrogen) atoms. The van der Waals surface area contributed by atoms with Gasteiger partial charge in [-0.1, -0.05) is 41.9 Å². The standard InChI is InChI=1S/C20H24N4O2/c1-4-25-20-22-19-17(23-24-20)15-7-5-6-8-16(15)21-18(26-19)14-10-9-12(2)11-13(14)3/h5-9,13-14,18,21H,4,10-11H2,1-3H3. The maximum absolute atomic E-state index is 6.34. The Morgan fingerprint density at radius 1 is 1.27 bits per heavy atom. The molecule has 0 radical (unpaired) electrons. The van der Waals surface area contributed by atoms with E-state index in [2.05, 4.69) is 40.4 Å². The predicted octanol–water partition coefficient (Wildman–Crippen LogP) is 4.06. The third-order valence-electron chi connectivity index (χ3n) is 5.13. The van der Waals surface area contributed by atoms with Crippen molar-refractivity contribution in [3.8, 4) is 23.1 Å². The van der Waals surface area contributed by atoms with Crippen LogP contribution in [0.4, 0.5) is 5.69 Å². The average molecular weight is 352 g/mol. The number of anilines is 1. The van der Waals surface area contributed by atoms with Gasteiger partial charge in [0.05, 0.1) is 6.61 Å². The predicted molar refractivity (Wildman–Crippen MR) is 100 cm³/mol. The number of nitrogens with one attached hydrogen (secondary N) is 1. The maximum Gasteiger partial charge on any atom is 0.339 e. The minimum Gasteiger partial charge on any atom is -0.463 e.